The third-order valence-electron chi connectivity index (χ3n) is 4.60. The maximum atomic E-state index is 12.9. The van der Waals surface area contributed by atoms with Gasteiger partial charge in [0.25, 0.3) is 5.91 Å². The van der Waals surface area contributed by atoms with Crippen LogP contribution < -0.4 is 14.8 Å². The van der Waals surface area contributed by atoms with Gasteiger partial charge in [0.15, 0.2) is 11.5 Å². The van der Waals surface area contributed by atoms with Gasteiger partial charge >= 0.3 is 6.09 Å². The van der Waals surface area contributed by atoms with E-state index >= 15 is 0 Å². The van der Waals surface area contributed by atoms with Crippen molar-refractivity contribution in [3.8, 4) is 11.5 Å². The molecule has 2 rings (SSSR count). The molecule has 30 heavy (non-hydrogen) atoms. The number of nitrogens with one attached hydrogen (secondary N) is 1. The number of ether oxygens (including phenoxy) is 3. The highest BCUT2D eigenvalue weighted by Crippen LogP contribution is 2.34. The van der Waals surface area contributed by atoms with Crippen LogP contribution in [0.25, 0.3) is 0 Å². The van der Waals surface area contributed by atoms with E-state index in [-0.39, 0.29) is 5.91 Å². The van der Waals surface area contributed by atoms with Crippen molar-refractivity contribution < 1.29 is 28.9 Å². The molecule has 1 aromatic rings. The molecule has 8 nitrogen and oxygen atoms in total. The number of carbonyl (C=O) groups excluding carboxylic acids is 2. The van der Waals surface area contributed by atoms with Gasteiger partial charge in [-0.05, 0) is 39.2 Å². The highest BCUT2D eigenvalue weighted by molar-refractivity contribution is 6.03. The Balaban J connectivity index is 0.00000198. The maximum Gasteiger partial charge on any atom is 0.412 e. The summed E-state index contributed by atoms with van der Waals surface area (Å²) in [5.74, 6) is 0.715. The Morgan fingerprint density at radius 1 is 1.07 bits per heavy atom. The predicted molar refractivity (Wildman–Crippen MR) is 119 cm³/mol. The van der Waals surface area contributed by atoms with Gasteiger partial charge in [0.2, 0.25) is 0 Å². The molecule has 0 saturated carbocycles. The first kappa shape index (κ1) is 27.5. The fourth-order valence-corrected chi connectivity index (χ4v) is 2.71. The molecule has 1 aromatic carbocycles. The highest BCUT2D eigenvalue weighted by Gasteiger charge is 2.26. The summed E-state index contributed by atoms with van der Waals surface area (Å²) in [6.45, 7) is 11.0. The van der Waals surface area contributed by atoms with E-state index in [1.54, 1.807) is 17.0 Å². The number of anilines is 1. The van der Waals surface area contributed by atoms with Crippen LogP contribution in [-0.2, 0) is 4.74 Å². The molecule has 0 atom stereocenters. The quantitative estimate of drug-likeness (QED) is 0.703. The normalized spacial score (nSPS) is 12.6. The molecule has 172 valence electrons. The first-order valence-corrected chi connectivity index (χ1v) is 10.3. The molecule has 1 saturated heterocycles. The van der Waals surface area contributed by atoms with E-state index in [9.17, 15) is 9.59 Å². The lowest BCUT2D eigenvalue weighted by molar-refractivity contribution is 0.0462. The van der Waals surface area contributed by atoms with Gasteiger partial charge in [0.1, 0.15) is 5.60 Å². The molecule has 1 aliphatic rings. The van der Waals surface area contributed by atoms with E-state index in [4.69, 9.17) is 19.3 Å². The van der Waals surface area contributed by atoms with E-state index in [0.29, 0.717) is 42.3 Å². The van der Waals surface area contributed by atoms with Crippen LogP contribution in [0.1, 0.15) is 64.2 Å². The standard InChI is InChI=1S/C19H28N2O5.C2H6.CH4O/c1-6-19(2,3)26-18(23)20-14-12-16(25-5)15(24-4)11-13(14)17(22)21-9-7-8-10-21;2*1-2/h11-12H,6-10H2,1-5H3,(H,20,23);1-2H3;2H,1H3. The lowest BCUT2D eigenvalue weighted by atomic mass is 10.1. The molecule has 2 N–H and O–H groups in total. The predicted octanol–water partition coefficient (Wildman–Crippen LogP) is 4.31. The number of hydrogen-bond donors (Lipinski definition) is 2. The Morgan fingerprint density at radius 2 is 1.57 bits per heavy atom. The number of hydrogen-bond acceptors (Lipinski definition) is 6. The number of nitrogens with zero attached hydrogens (tertiary/aromatic N) is 1. The topological polar surface area (TPSA) is 97.3 Å². The molecule has 0 bridgehead atoms. The second kappa shape index (κ2) is 13.7. The van der Waals surface area contributed by atoms with Crippen molar-refractivity contribution in [1.82, 2.24) is 4.90 Å². The van der Waals surface area contributed by atoms with Gasteiger partial charge in [0, 0.05) is 26.3 Å². The zero-order chi connectivity index (χ0) is 23.3. The SMILES string of the molecule is CC.CCC(C)(C)OC(=O)Nc1cc(OC)c(OC)cc1C(=O)N1CCCC1.CO. The summed E-state index contributed by atoms with van der Waals surface area (Å²) in [5.41, 5.74) is 0.104. The molecule has 0 aliphatic carbocycles. The van der Waals surface area contributed by atoms with Gasteiger partial charge in [-0.2, -0.15) is 0 Å². The van der Waals surface area contributed by atoms with Gasteiger partial charge in [-0.3, -0.25) is 10.1 Å². The summed E-state index contributed by atoms with van der Waals surface area (Å²) < 4.78 is 16.0. The second-order valence-electron chi connectivity index (χ2n) is 6.88. The summed E-state index contributed by atoms with van der Waals surface area (Å²) in [6, 6.07) is 3.18. The Bertz CT molecular complexity index is 670. The molecular formula is C22H38N2O6. The summed E-state index contributed by atoms with van der Waals surface area (Å²) in [4.78, 5) is 27.0. The minimum Gasteiger partial charge on any atom is -0.493 e. The summed E-state index contributed by atoms with van der Waals surface area (Å²) >= 11 is 0. The van der Waals surface area contributed by atoms with E-state index in [1.807, 2.05) is 34.6 Å². The number of carbonyl (C=O) groups is 2. The van der Waals surface area contributed by atoms with Crippen molar-refractivity contribution >= 4 is 17.7 Å². The van der Waals surface area contributed by atoms with Gasteiger partial charge in [0.05, 0.1) is 25.5 Å². The molecule has 1 heterocycles. The average molecular weight is 427 g/mol. The third-order valence-corrected chi connectivity index (χ3v) is 4.60. The molecule has 0 radical (unpaired) electrons. The number of amides is 2. The van der Waals surface area contributed by atoms with Gasteiger partial charge in [-0.15, -0.1) is 0 Å². The average Bonchev–Trinajstić information content (AvgIpc) is 3.30. The zero-order valence-corrected chi connectivity index (χ0v) is 19.6. The summed E-state index contributed by atoms with van der Waals surface area (Å²) in [6.07, 6.45) is 2.02. The number of aliphatic hydroxyl groups excluding tert-OH is 1. The lowest BCUT2D eigenvalue weighted by Crippen LogP contribution is -2.31. The molecule has 0 aromatic heterocycles. The Morgan fingerprint density at radius 3 is 2.03 bits per heavy atom. The van der Waals surface area contributed by atoms with Crippen LogP contribution >= 0.6 is 0 Å². The lowest BCUT2D eigenvalue weighted by Gasteiger charge is -2.24. The minimum atomic E-state index is -0.612. The number of methoxy groups -OCH3 is 2. The number of benzene rings is 1. The zero-order valence-electron chi connectivity index (χ0n) is 19.6. The molecule has 2 amide bonds. The largest absolute Gasteiger partial charge is 0.493 e. The fraction of sp³-hybridized carbons (Fsp3) is 0.636. The number of aliphatic hydroxyl groups is 1. The van der Waals surface area contributed by atoms with E-state index in [1.165, 1.54) is 14.2 Å². The van der Waals surface area contributed by atoms with Crippen molar-refractivity contribution in [2.45, 2.75) is 59.5 Å². The van der Waals surface area contributed by atoms with Crippen molar-refractivity contribution in [3.63, 3.8) is 0 Å². The van der Waals surface area contributed by atoms with E-state index in [0.717, 1.165) is 20.0 Å². The fourth-order valence-electron chi connectivity index (χ4n) is 2.71. The van der Waals surface area contributed by atoms with Crippen LogP contribution in [0.15, 0.2) is 12.1 Å². The van der Waals surface area contributed by atoms with E-state index in [2.05, 4.69) is 5.32 Å². The van der Waals surface area contributed by atoms with Crippen LogP contribution in [0.3, 0.4) is 0 Å². The van der Waals surface area contributed by atoms with Crippen LogP contribution in [0, 0.1) is 0 Å². The van der Waals surface area contributed by atoms with Crippen molar-refractivity contribution in [2.75, 3.05) is 39.7 Å². The molecule has 1 fully saturated rings. The monoisotopic (exact) mass is 426 g/mol. The third kappa shape index (κ3) is 7.74. The number of likely N-dealkylation sites (tertiary alicyclic amines) is 1. The van der Waals surface area contributed by atoms with Crippen molar-refractivity contribution in [2.24, 2.45) is 0 Å². The first-order valence-electron chi connectivity index (χ1n) is 10.3. The Labute approximate surface area is 180 Å². The highest BCUT2D eigenvalue weighted by atomic mass is 16.6. The number of rotatable bonds is 6. The minimum absolute atomic E-state index is 0.145. The second-order valence-corrected chi connectivity index (χ2v) is 6.88. The summed E-state index contributed by atoms with van der Waals surface area (Å²) in [7, 11) is 4.01. The molecule has 0 unspecified atom stereocenters. The van der Waals surface area contributed by atoms with Gasteiger partial charge in [-0.25, -0.2) is 4.79 Å². The van der Waals surface area contributed by atoms with E-state index < -0.39 is 11.7 Å². The summed E-state index contributed by atoms with van der Waals surface area (Å²) in [5, 5.41) is 9.69. The Kier molecular flexibility index (Phi) is 12.6. The molecule has 0 spiro atoms. The van der Waals surface area contributed by atoms with Crippen molar-refractivity contribution in [3.05, 3.63) is 17.7 Å². The first-order chi connectivity index (χ1) is 14.3. The van der Waals surface area contributed by atoms with Crippen LogP contribution in [-0.4, -0.2) is 62.0 Å². The Hall–Kier alpha value is -2.48. The molecule has 8 heteroatoms. The van der Waals surface area contributed by atoms with Crippen LogP contribution in [0.4, 0.5) is 10.5 Å². The molecule has 1 aliphatic heterocycles. The molecular weight excluding hydrogens is 388 g/mol. The van der Waals surface area contributed by atoms with Crippen molar-refractivity contribution in [1.29, 1.82) is 0 Å². The van der Waals surface area contributed by atoms with Gasteiger partial charge in [-0.1, -0.05) is 20.8 Å². The van der Waals surface area contributed by atoms with Gasteiger partial charge < -0.3 is 24.2 Å². The smallest absolute Gasteiger partial charge is 0.412 e. The maximum absolute atomic E-state index is 12.9. The van der Waals surface area contributed by atoms with Crippen LogP contribution in [0.5, 0.6) is 11.5 Å². The van der Waals surface area contributed by atoms with Crippen LogP contribution in [0.2, 0.25) is 0 Å².